The van der Waals surface area contributed by atoms with Crippen LogP contribution in [0.15, 0.2) is 30.7 Å². The maximum absolute atomic E-state index is 6.39. The molecule has 8 heteroatoms. The maximum Gasteiger partial charge on any atom is 0.0742 e. The second-order valence-corrected chi connectivity index (χ2v) is 7.36. The van der Waals surface area contributed by atoms with E-state index in [2.05, 4.69) is 19.0 Å². The number of benzene rings is 1. The molecule has 0 bridgehead atoms. The summed E-state index contributed by atoms with van der Waals surface area (Å²) in [7, 11) is 0. The molecule has 3 aromatic rings. The molecule has 1 aliphatic rings. The topological polar surface area (TPSA) is 44.0 Å². The first-order valence-electron chi connectivity index (χ1n) is 6.87. The van der Waals surface area contributed by atoms with Crippen molar-refractivity contribution in [2.45, 2.75) is 13.1 Å². The molecule has 4 nitrogen and oxygen atoms in total. The number of hydrogen-bond acceptors (Lipinski definition) is 4. The molecule has 0 unspecified atom stereocenters. The van der Waals surface area contributed by atoms with Gasteiger partial charge in [0.05, 0.1) is 21.2 Å². The fraction of sp³-hybridized carbons (Fsp3) is 0.133. The number of nitrogens with one attached hydrogen (secondary N) is 2. The standard InChI is InChI=1S/C15H11Cl3N4S/c16-10-1-2-19-4-9(10)7-22-6-8-3-11(17)13-12(18)5-20-15(13)14(8)21-23-22/h1-5,20-21H,6-7H2. The van der Waals surface area contributed by atoms with E-state index in [1.54, 1.807) is 24.7 Å². The van der Waals surface area contributed by atoms with E-state index in [1.807, 2.05) is 6.07 Å². The highest BCUT2D eigenvalue weighted by atomic mass is 35.5. The SMILES string of the molecule is Clc1ccncc1CN1Cc2cc(Cl)c3c(Cl)c[nH]c3c2NS1. The van der Waals surface area contributed by atoms with Crippen molar-refractivity contribution < 1.29 is 0 Å². The number of pyridine rings is 1. The molecule has 0 amide bonds. The minimum atomic E-state index is 0.629. The Labute approximate surface area is 152 Å². The van der Waals surface area contributed by atoms with Crippen LogP contribution in [-0.2, 0) is 13.1 Å². The number of anilines is 1. The number of H-pyrrole nitrogens is 1. The van der Waals surface area contributed by atoms with Crippen LogP contribution in [0.5, 0.6) is 0 Å². The Bertz CT molecular complexity index is 896. The van der Waals surface area contributed by atoms with Gasteiger partial charge in [0.1, 0.15) is 0 Å². The Balaban J connectivity index is 1.66. The average molecular weight is 386 g/mol. The van der Waals surface area contributed by atoms with Crippen molar-refractivity contribution in [1.29, 1.82) is 0 Å². The van der Waals surface area contributed by atoms with Crippen LogP contribution >= 0.6 is 46.9 Å². The number of hydrogen-bond donors (Lipinski definition) is 2. The van der Waals surface area contributed by atoms with Gasteiger partial charge in [-0.05, 0) is 17.7 Å². The third-order valence-electron chi connectivity index (χ3n) is 3.76. The van der Waals surface area contributed by atoms with Gasteiger partial charge in [0.15, 0.2) is 0 Å². The number of aromatic nitrogens is 2. The Morgan fingerprint density at radius 1 is 1.22 bits per heavy atom. The van der Waals surface area contributed by atoms with Gasteiger partial charge in [0.2, 0.25) is 0 Å². The van der Waals surface area contributed by atoms with Crippen molar-refractivity contribution in [3.63, 3.8) is 0 Å². The lowest BCUT2D eigenvalue weighted by Gasteiger charge is -2.29. The third-order valence-corrected chi connectivity index (χ3v) is 5.53. The van der Waals surface area contributed by atoms with Crippen molar-refractivity contribution in [3.8, 4) is 0 Å². The maximum atomic E-state index is 6.39. The summed E-state index contributed by atoms with van der Waals surface area (Å²) in [6.07, 6.45) is 5.24. The van der Waals surface area contributed by atoms with Gasteiger partial charge in [0, 0.05) is 59.8 Å². The van der Waals surface area contributed by atoms with Crippen LogP contribution in [0.4, 0.5) is 5.69 Å². The van der Waals surface area contributed by atoms with E-state index in [1.165, 1.54) is 12.1 Å². The summed E-state index contributed by atoms with van der Waals surface area (Å²) in [4.78, 5) is 7.32. The molecule has 23 heavy (non-hydrogen) atoms. The van der Waals surface area contributed by atoms with Crippen molar-refractivity contribution in [2.75, 3.05) is 4.72 Å². The van der Waals surface area contributed by atoms with Crippen molar-refractivity contribution in [1.82, 2.24) is 14.3 Å². The molecule has 0 radical (unpaired) electrons. The number of rotatable bonds is 2. The van der Waals surface area contributed by atoms with E-state index < -0.39 is 0 Å². The van der Waals surface area contributed by atoms with Gasteiger partial charge in [0.25, 0.3) is 0 Å². The van der Waals surface area contributed by atoms with Gasteiger partial charge in [-0.15, -0.1) is 0 Å². The Morgan fingerprint density at radius 2 is 2.09 bits per heavy atom. The van der Waals surface area contributed by atoms with Gasteiger partial charge in [-0.25, -0.2) is 4.31 Å². The zero-order valence-corrected chi connectivity index (χ0v) is 14.8. The molecule has 0 fully saturated rings. The van der Waals surface area contributed by atoms with Crippen LogP contribution in [0.25, 0.3) is 10.9 Å². The second-order valence-electron chi connectivity index (χ2n) is 5.24. The fourth-order valence-electron chi connectivity index (χ4n) is 2.67. The Hall–Kier alpha value is -1.11. The number of fused-ring (bicyclic) bond motifs is 3. The number of aromatic amines is 1. The highest BCUT2D eigenvalue weighted by Gasteiger charge is 2.23. The first-order chi connectivity index (χ1) is 11.1. The molecule has 0 aliphatic carbocycles. The molecule has 0 spiro atoms. The molecule has 1 aliphatic heterocycles. The van der Waals surface area contributed by atoms with Crippen LogP contribution < -0.4 is 4.72 Å². The largest absolute Gasteiger partial charge is 0.358 e. The minimum absolute atomic E-state index is 0.629. The third kappa shape index (κ3) is 2.77. The molecular formula is C15H11Cl3N4S. The molecule has 0 saturated heterocycles. The lowest BCUT2D eigenvalue weighted by atomic mass is 10.1. The predicted molar refractivity (Wildman–Crippen MR) is 98.0 cm³/mol. The first kappa shape index (κ1) is 15.4. The van der Waals surface area contributed by atoms with Gasteiger partial charge in [-0.1, -0.05) is 34.8 Å². The van der Waals surface area contributed by atoms with E-state index in [-0.39, 0.29) is 0 Å². The van der Waals surface area contributed by atoms with Gasteiger partial charge in [-0.3, -0.25) is 4.98 Å². The first-order valence-corrected chi connectivity index (χ1v) is 8.78. The summed E-state index contributed by atoms with van der Waals surface area (Å²) < 4.78 is 5.53. The molecule has 4 rings (SSSR count). The highest BCUT2D eigenvalue weighted by molar-refractivity contribution is 7.98. The fourth-order valence-corrected chi connectivity index (χ4v) is 4.32. The minimum Gasteiger partial charge on any atom is -0.358 e. The lowest BCUT2D eigenvalue weighted by molar-refractivity contribution is 0.460. The van der Waals surface area contributed by atoms with Crippen molar-refractivity contribution >= 4 is 63.5 Å². The molecule has 0 saturated carbocycles. The molecule has 118 valence electrons. The summed E-state index contributed by atoms with van der Waals surface area (Å²) in [5.41, 5.74) is 4.06. The van der Waals surface area contributed by atoms with E-state index in [9.17, 15) is 0 Å². The molecular weight excluding hydrogens is 375 g/mol. The van der Waals surface area contributed by atoms with Gasteiger partial charge >= 0.3 is 0 Å². The van der Waals surface area contributed by atoms with E-state index >= 15 is 0 Å². The van der Waals surface area contributed by atoms with Crippen molar-refractivity contribution in [2.24, 2.45) is 0 Å². The molecule has 1 aromatic carbocycles. The molecule has 0 atom stereocenters. The lowest BCUT2D eigenvalue weighted by Crippen LogP contribution is -2.22. The summed E-state index contributed by atoms with van der Waals surface area (Å²) in [6.45, 7) is 1.43. The molecule has 2 N–H and O–H groups in total. The van der Waals surface area contributed by atoms with Crippen molar-refractivity contribution in [3.05, 3.63) is 56.9 Å². The smallest absolute Gasteiger partial charge is 0.0742 e. The highest BCUT2D eigenvalue weighted by Crippen LogP contribution is 2.42. The quantitative estimate of drug-likeness (QED) is 0.571. The summed E-state index contributed by atoms with van der Waals surface area (Å²) >= 11 is 20.3. The second kappa shape index (κ2) is 6.07. The van der Waals surface area contributed by atoms with Crippen LogP contribution in [0.3, 0.4) is 0 Å². The zero-order valence-electron chi connectivity index (χ0n) is 11.7. The Morgan fingerprint density at radius 3 is 2.91 bits per heavy atom. The summed E-state index contributed by atoms with van der Waals surface area (Å²) in [5, 5.41) is 2.85. The van der Waals surface area contributed by atoms with Gasteiger partial charge < -0.3 is 9.71 Å². The van der Waals surface area contributed by atoms with E-state index in [0.717, 1.165) is 39.3 Å². The van der Waals surface area contributed by atoms with E-state index in [0.29, 0.717) is 16.6 Å². The Kier molecular flexibility index (Phi) is 4.07. The molecule has 3 heterocycles. The van der Waals surface area contributed by atoms with Crippen LogP contribution in [0.1, 0.15) is 11.1 Å². The normalized spacial score (nSPS) is 14.7. The monoisotopic (exact) mass is 384 g/mol. The molecule has 2 aromatic heterocycles. The van der Waals surface area contributed by atoms with Crippen LogP contribution in [0, 0.1) is 0 Å². The number of nitrogens with zero attached hydrogens (tertiary/aromatic N) is 2. The summed E-state index contributed by atoms with van der Waals surface area (Å²) in [5.74, 6) is 0. The number of halogens is 3. The zero-order chi connectivity index (χ0) is 16.0. The van der Waals surface area contributed by atoms with Gasteiger partial charge in [-0.2, -0.15) is 0 Å². The summed E-state index contributed by atoms with van der Waals surface area (Å²) in [6, 6.07) is 3.76. The predicted octanol–water partition coefficient (Wildman–Crippen LogP) is 5.51. The van der Waals surface area contributed by atoms with Crippen LogP contribution in [0.2, 0.25) is 15.1 Å². The van der Waals surface area contributed by atoms with Crippen LogP contribution in [-0.4, -0.2) is 14.3 Å². The average Bonchev–Trinajstić information content (AvgIpc) is 2.92. The van der Waals surface area contributed by atoms with E-state index in [4.69, 9.17) is 34.8 Å².